The molecule has 0 aliphatic heterocycles. The van der Waals surface area contributed by atoms with Crippen molar-refractivity contribution in [3.8, 4) is 0 Å². The van der Waals surface area contributed by atoms with E-state index in [-0.39, 0.29) is 18.4 Å². The van der Waals surface area contributed by atoms with Gasteiger partial charge in [0.1, 0.15) is 18.4 Å². The largest absolute Gasteiger partial charge is 0.354 e. The van der Waals surface area contributed by atoms with Crippen molar-refractivity contribution in [2.24, 2.45) is 5.92 Å². The molecule has 2 aromatic carbocycles. The van der Waals surface area contributed by atoms with E-state index in [1.54, 1.807) is 43.3 Å². The molecule has 34 heavy (non-hydrogen) atoms. The van der Waals surface area contributed by atoms with Crippen molar-refractivity contribution >= 4 is 27.5 Å². The molecule has 186 valence electrons. The number of anilines is 1. The molecule has 0 aliphatic rings. The number of nitrogens with one attached hydrogen (secondary N) is 1. The maximum atomic E-state index is 13.5. The quantitative estimate of drug-likeness (QED) is 0.521. The molecule has 2 amide bonds. The van der Waals surface area contributed by atoms with Crippen LogP contribution in [0.2, 0.25) is 0 Å². The lowest BCUT2D eigenvalue weighted by molar-refractivity contribution is -0.140. The molecular weight excluding hydrogens is 457 g/mol. The zero-order valence-electron chi connectivity index (χ0n) is 20.4. The molecule has 0 heterocycles. The maximum Gasteiger partial charge on any atom is 0.244 e. The van der Waals surface area contributed by atoms with Gasteiger partial charge in [-0.25, -0.2) is 12.8 Å². The number of hydrogen-bond donors (Lipinski definition) is 1. The van der Waals surface area contributed by atoms with Crippen molar-refractivity contribution in [1.29, 1.82) is 0 Å². The Kier molecular flexibility index (Phi) is 9.61. The Morgan fingerprint density at radius 1 is 1.03 bits per heavy atom. The molecule has 2 aromatic rings. The molecule has 0 aliphatic carbocycles. The number of halogens is 1. The third-order valence-electron chi connectivity index (χ3n) is 5.34. The summed E-state index contributed by atoms with van der Waals surface area (Å²) in [5.74, 6) is -1.02. The maximum absolute atomic E-state index is 13.5. The molecule has 0 bridgehead atoms. The number of benzene rings is 2. The third kappa shape index (κ3) is 7.83. The van der Waals surface area contributed by atoms with Crippen molar-refractivity contribution in [2.75, 3.05) is 23.7 Å². The average Bonchev–Trinajstić information content (AvgIpc) is 2.77. The van der Waals surface area contributed by atoms with Gasteiger partial charge in [0.05, 0.1) is 11.9 Å². The summed E-state index contributed by atoms with van der Waals surface area (Å²) in [6.45, 7) is 7.63. The molecule has 0 fully saturated rings. The first-order valence-corrected chi connectivity index (χ1v) is 13.1. The lowest BCUT2D eigenvalue weighted by atomic mass is 10.1. The van der Waals surface area contributed by atoms with Gasteiger partial charge in [0, 0.05) is 13.1 Å². The van der Waals surface area contributed by atoms with Gasteiger partial charge in [-0.3, -0.25) is 13.9 Å². The van der Waals surface area contributed by atoms with Crippen molar-refractivity contribution < 1.29 is 22.4 Å². The van der Waals surface area contributed by atoms with E-state index in [1.165, 1.54) is 17.0 Å². The Balaban J connectivity index is 2.39. The van der Waals surface area contributed by atoms with Gasteiger partial charge in [0.15, 0.2) is 0 Å². The van der Waals surface area contributed by atoms with Gasteiger partial charge in [-0.05, 0) is 49.1 Å². The summed E-state index contributed by atoms with van der Waals surface area (Å²) < 4.78 is 39.6. The molecule has 0 aromatic heterocycles. The van der Waals surface area contributed by atoms with Gasteiger partial charge >= 0.3 is 0 Å². The van der Waals surface area contributed by atoms with Crippen LogP contribution in [0.15, 0.2) is 48.5 Å². The zero-order chi connectivity index (χ0) is 25.5. The summed E-state index contributed by atoms with van der Waals surface area (Å²) in [4.78, 5) is 27.9. The fraction of sp³-hybridized carbons (Fsp3) is 0.440. The highest BCUT2D eigenvalue weighted by Gasteiger charge is 2.31. The van der Waals surface area contributed by atoms with E-state index in [0.29, 0.717) is 24.2 Å². The first kappa shape index (κ1) is 27.3. The Bertz CT molecular complexity index is 1070. The second-order valence-corrected chi connectivity index (χ2v) is 10.7. The smallest absolute Gasteiger partial charge is 0.244 e. The SMILES string of the molecule is CCC(C(=O)NCC(C)C)N(Cc1ccc(F)cc1)C(=O)CN(c1ccc(C)cc1)S(C)(=O)=O. The predicted octanol–water partition coefficient (Wildman–Crippen LogP) is 3.48. The van der Waals surface area contributed by atoms with E-state index >= 15 is 0 Å². The molecule has 0 saturated heterocycles. The van der Waals surface area contributed by atoms with E-state index < -0.39 is 34.3 Å². The summed E-state index contributed by atoms with van der Waals surface area (Å²) in [7, 11) is -3.78. The number of sulfonamides is 1. The Morgan fingerprint density at radius 3 is 2.12 bits per heavy atom. The van der Waals surface area contributed by atoms with E-state index in [0.717, 1.165) is 16.1 Å². The van der Waals surface area contributed by atoms with Crippen LogP contribution in [0.4, 0.5) is 10.1 Å². The molecular formula is C25H34FN3O4S. The topological polar surface area (TPSA) is 86.8 Å². The van der Waals surface area contributed by atoms with Gasteiger partial charge in [-0.2, -0.15) is 0 Å². The standard InChI is InChI=1S/C25H34FN3O4S/c1-6-23(25(31)27-15-18(2)3)28(16-20-9-11-21(26)12-10-20)24(30)17-29(34(5,32)33)22-13-7-19(4)8-14-22/h7-14,18,23H,6,15-17H2,1-5H3,(H,27,31). The fourth-order valence-electron chi connectivity index (χ4n) is 3.45. The number of nitrogens with zero attached hydrogens (tertiary/aromatic N) is 2. The highest BCUT2D eigenvalue weighted by Crippen LogP contribution is 2.20. The lowest BCUT2D eigenvalue weighted by Gasteiger charge is -2.33. The first-order chi connectivity index (χ1) is 15.9. The minimum Gasteiger partial charge on any atom is -0.354 e. The van der Waals surface area contributed by atoms with Gasteiger partial charge in [0.2, 0.25) is 21.8 Å². The second-order valence-electron chi connectivity index (χ2n) is 8.82. The van der Waals surface area contributed by atoms with Gasteiger partial charge < -0.3 is 10.2 Å². The Morgan fingerprint density at radius 2 is 1.62 bits per heavy atom. The van der Waals surface area contributed by atoms with Crippen LogP contribution < -0.4 is 9.62 Å². The highest BCUT2D eigenvalue weighted by atomic mass is 32.2. The molecule has 0 saturated carbocycles. The van der Waals surface area contributed by atoms with Crippen LogP contribution in [0, 0.1) is 18.7 Å². The molecule has 7 nitrogen and oxygen atoms in total. The van der Waals surface area contributed by atoms with Crippen LogP contribution in [-0.4, -0.2) is 50.5 Å². The molecule has 0 spiro atoms. The molecule has 1 N–H and O–H groups in total. The molecule has 1 unspecified atom stereocenters. The third-order valence-corrected chi connectivity index (χ3v) is 6.48. The first-order valence-electron chi connectivity index (χ1n) is 11.3. The zero-order valence-corrected chi connectivity index (χ0v) is 21.2. The minimum atomic E-state index is -3.78. The molecule has 0 radical (unpaired) electrons. The van der Waals surface area contributed by atoms with E-state index in [2.05, 4.69) is 5.32 Å². The van der Waals surface area contributed by atoms with Crippen molar-refractivity contribution in [2.45, 2.75) is 46.7 Å². The Hall–Kier alpha value is -2.94. The van der Waals surface area contributed by atoms with E-state index in [1.807, 2.05) is 20.8 Å². The number of carbonyl (C=O) groups is 2. The number of aryl methyl sites for hydroxylation is 1. The average molecular weight is 492 g/mol. The molecule has 9 heteroatoms. The van der Waals surface area contributed by atoms with Gasteiger partial charge in [-0.1, -0.05) is 50.6 Å². The highest BCUT2D eigenvalue weighted by molar-refractivity contribution is 7.92. The summed E-state index contributed by atoms with van der Waals surface area (Å²) in [6.07, 6.45) is 1.37. The fourth-order valence-corrected chi connectivity index (χ4v) is 4.30. The number of rotatable bonds is 11. The van der Waals surface area contributed by atoms with E-state index in [4.69, 9.17) is 0 Å². The number of hydrogen-bond acceptors (Lipinski definition) is 4. The van der Waals surface area contributed by atoms with Crippen molar-refractivity contribution in [3.63, 3.8) is 0 Å². The Labute approximate surface area is 202 Å². The summed E-state index contributed by atoms with van der Waals surface area (Å²) >= 11 is 0. The second kappa shape index (κ2) is 12.0. The minimum absolute atomic E-state index is 0.0399. The van der Waals surface area contributed by atoms with Crippen molar-refractivity contribution in [1.82, 2.24) is 10.2 Å². The van der Waals surface area contributed by atoms with Gasteiger partial charge in [0.25, 0.3) is 0 Å². The van der Waals surface area contributed by atoms with Crippen LogP contribution >= 0.6 is 0 Å². The van der Waals surface area contributed by atoms with Gasteiger partial charge in [-0.15, -0.1) is 0 Å². The van der Waals surface area contributed by atoms with Crippen LogP contribution in [0.3, 0.4) is 0 Å². The molecule has 2 rings (SSSR count). The summed E-state index contributed by atoms with van der Waals surface area (Å²) in [5, 5.41) is 2.86. The summed E-state index contributed by atoms with van der Waals surface area (Å²) in [5.41, 5.74) is 1.95. The van der Waals surface area contributed by atoms with Crippen LogP contribution in [0.25, 0.3) is 0 Å². The van der Waals surface area contributed by atoms with E-state index in [9.17, 15) is 22.4 Å². The van der Waals surface area contributed by atoms with Crippen LogP contribution in [-0.2, 0) is 26.2 Å². The van der Waals surface area contributed by atoms with Crippen molar-refractivity contribution in [3.05, 3.63) is 65.5 Å². The number of amides is 2. The normalized spacial score (nSPS) is 12.3. The van der Waals surface area contributed by atoms with Crippen LogP contribution in [0.5, 0.6) is 0 Å². The van der Waals surface area contributed by atoms with Crippen LogP contribution in [0.1, 0.15) is 38.3 Å². The lowest BCUT2D eigenvalue weighted by Crippen LogP contribution is -2.52. The predicted molar refractivity (Wildman–Crippen MR) is 132 cm³/mol. The summed E-state index contributed by atoms with van der Waals surface area (Å²) in [6, 6.07) is 11.7. The monoisotopic (exact) mass is 491 g/mol. The number of carbonyl (C=O) groups excluding carboxylic acids is 2. The molecule has 1 atom stereocenters.